The second kappa shape index (κ2) is 6.32. The number of nitrogens with one attached hydrogen (secondary N) is 1. The maximum Gasteiger partial charge on any atom is 0.0652 e. The second-order valence-electron chi connectivity index (χ2n) is 5.50. The first-order valence-corrected chi connectivity index (χ1v) is 6.40. The number of rotatable bonds is 7. The van der Waals surface area contributed by atoms with E-state index < -0.39 is 5.54 Å². The topological polar surface area (TPSA) is 41.5 Å². The molecule has 1 aromatic rings. The number of ether oxygens (including phenoxy) is 1. The summed E-state index contributed by atoms with van der Waals surface area (Å²) >= 11 is 0. The Morgan fingerprint density at radius 1 is 1.17 bits per heavy atom. The molecule has 3 nitrogen and oxygen atoms in total. The van der Waals surface area contributed by atoms with Crippen molar-refractivity contribution in [2.75, 3.05) is 20.3 Å². The normalized spacial score (nSPS) is 15.4. The van der Waals surface area contributed by atoms with Crippen molar-refractivity contribution in [2.45, 2.75) is 38.3 Å². The summed E-state index contributed by atoms with van der Waals surface area (Å²) in [6.07, 6.45) is 0.895. The lowest BCUT2D eigenvalue weighted by atomic mass is 9.92. The van der Waals surface area contributed by atoms with Gasteiger partial charge in [-0.2, -0.15) is 0 Å². The van der Waals surface area contributed by atoms with Crippen LogP contribution in [0, 0.1) is 0 Å². The minimum Gasteiger partial charge on any atom is -0.394 e. The van der Waals surface area contributed by atoms with Gasteiger partial charge in [0.15, 0.2) is 0 Å². The van der Waals surface area contributed by atoms with Gasteiger partial charge in [0.25, 0.3) is 0 Å². The van der Waals surface area contributed by atoms with Crippen LogP contribution in [0.4, 0.5) is 0 Å². The van der Waals surface area contributed by atoms with Crippen molar-refractivity contribution < 1.29 is 9.84 Å². The van der Waals surface area contributed by atoms with Gasteiger partial charge in [0.2, 0.25) is 0 Å². The minimum absolute atomic E-state index is 0.0738. The zero-order chi connectivity index (χ0) is 13.6. The molecule has 0 aliphatic carbocycles. The van der Waals surface area contributed by atoms with E-state index >= 15 is 0 Å². The van der Waals surface area contributed by atoms with Crippen molar-refractivity contribution in [1.82, 2.24) is 5.32 Å². The molecule has 18 heavy (non-hydrogen) atoms. The Kier molecular flexibility index (Phi) is 5.32. The summed E-state index contributed by atoms with van der Waals surface area (Å²) in [6, 6.07) is 10.0. The molecule has 0 radical (unpaired) electrons. The molecule has 0 heterocycles. The van der Waals surface area contributed by atoms with Gasteiger partial charge in [-0.15, -0.1) is 0 Å². The Hall–Kier alpha value is -0.900. The summed E-state index contributed by atoms with van der Waals surface area (Å²) in [4.78, 5) is 0. The molecule has 1 atom stereocenters. The summed E-state index contributed by atoms with van der Waals surface area (Å²) in [7, 11) is 1.72. The van der Waals surface area contributed by atoms with E-state index in [1.165, 1.54) is 0 Å². The Morgan fingerprint density at radius 3 is 2.28 bits per heavy atom. The van der Waals surface area contributed by atoms with Crippen LogP contribution in [0.3, 0.4) is 0 Å². The standard InChI is InChI=1S/C15H25NO2/c1-14(2,18-4)10-11-16-15(3,12-17)13-8-6-5-7-9-13/h5-9,16-17H,10-12H2,1-4H3. The lowest BCUT2D eigenvalue weighted by molar-refractivity contribution is 0.0132. The summed E-state index contributed by atoms with van der Waals surface area (Å²) in [6.45, 7) is 7.01. The van der Waals surface area contributed by atoms with Crippen molar-refractivity contribution in [3.05, 3.63) is 35.9 Å². The predicted molar refractivity (Wildman–Crippen MR) is 74.6 cm³/mol. The van der Waals surface area contributed by atoms with Crippen molar-refractivity contribution in [3.8, 4) is 0 Å². The number of hydrogen-bond donors (Lipinski definition) is 2. The quantitative estimate of drug-likeness (QED) is 0.781. The first-order chi connectivity index (χ1) is 8.43. The van der Waals surface area contributed by atoms with Gasteiger partial charge >= 0.3 is 0 Å². The number of aliphatic hydroxyl groups excluding tert-OH is 1. The van der Waals surface area contributed by atoms with E-state index in [-0.39, 0.29) is 12.2 Å². The lowest BCUT2D eigenvalue weighted by Gasteiger charge is -2.31. The highest BCUT2D eigenvalue weighted by atomic mass is 16.5. The Morgan fingerprint density at radius 2 is 1.78 bits per heavy atom. The van der Waals surface area contributed by atoms with E-state index in [0.717, 1.165) is 18.5 Å². The summed E-state index contributed by atoms with van der Waals surface area (Å²) in [5, 5.41) is 13.1. The Bertz CT molecular complexity index is 351. The zero-order valence-corrected chi connectivity index (χ0v) is 11.9. The van der Waals surface area contributed by atoms with E-state index in [2.05, 4.69) is 19.2 Å². The van der Waals surface area contributed by atoms with Crippen LogP contribution in [-0.4, -0.2) is 31.0 Å². The molecule has 0 spiro atoms. The van der Waals surface area contributed by atoms with Crippen molar-refractivity contribution >= 4 is 0 Å². The molecule has 0 amide bonds. The molecule has 1 rings (SSSR count). The Balaban J connectivity index is 2.62. The second-order valence-corrected chi connectivity index (χ2v) is 5.50. The van der Waals surface area contributed by atoms with Gasteiger partial charge in [-0.25, -0.2) is 0 Å². The highest BCUT2D eigenvalue weighted by Gasteiger charge is 2.26. The van der Waals surface area contributed by atoms with Crippen molar-refractivity contribution in [2.24, 2.45) is 0 Å². The molecule has 3 heteroatoms. The van der Waals surface area contributed by atoms with Gasteiger partial charge in [0.1, 0.15) is 0 Å². The molecule has 0 saturated heterocycles. The maximum absolute atomic E-state index is 9.63. The number of aliphatic hydroxyl groups is 1. The monoisotopic (exact) mass is 251 g/mol. The molecule has 0 aliphatic rings. The van der Waals surface area contributed by atoms with Crippen LogP contribution in [0.15, 0.2) is 30.3 Å². The van der Waals surface area contributed by atoms with E-state index in [4.69, 9.17) is 4.74 Å². The summed E-state index contributed by atoms with van der Waals surface area (Å²) in [5.41, 5.74) is 0.563. The molecule has 102 valence electrons. The fraction of sp³-hybridized carbons (Fsp3) is 0.600. The third-order valence-electron chi connectivity index (χ3n) is 3.52. The van der Waals surface area contributed by atoms with Gasteiger partial charge in [-0.3, -0.25) is 0 Å². The number of benzene rings is 1. The molecular weight excluding hydrogens is 226 g/mol. The maximum atomic E-state index is 9.63. The van der Waals surface area contributed by atoms with Crippen LogP contribution < -0.4 is 5.32 Å². The Labute approximate surface area is 110 Å². The van der Waals surface area contributed by atoms with E-state index in [1.807, 2.05) is 37.3 Å². The van der Waals surface area contributed by atoms with Gasteiger partial charge in [-0.1, -0.05) is 30.3 Å². The minimum atomic E-state index is -0.398. The predicted octanol–water partition coefficient (Wildman–Crippen LogP) is 2.30. The van der Waals surface area contributed by atoms with Crippen LogP contribution >= 0.6 is 0 Å². The van der Waals surface area contributed by atoms with E-state index in [1.54, 1.807) is 7.11 Å². The SMILES string of the molecule is COC(C)(C)CCNC(C)(CO)c1ccccc1. The fourth-order valence-electron chi connectivity index (χ4n) is 1.80. The van der Waals surface area contributed by atoms with Gasteiger partial charge in [0.05, 0.1) is 17.7 Å². The number of methoxy groups -OCH3 is 1. The zero-order valence-electron chi connectivity index (χ0n) is 11.9. The smallest absolute Gasteiger partial charge is 0.0652 e. The van der Waals surface area contributed by atoms with Crippen LogP contribution in [0.5, 0.6) is 0 Å². The lowest BCUT2D eigenvalue weighted by Crippen LogP contribution is -2.45. The van der Waals surface area contributed by atoms with Gasteiger partial charge < -0.3 is 15.2 Å². The average molecular weight is 251 g/mol. The van der Waals surface area contributed by atoms with Crippen LogP contribution in [-0.2, 0) is 10.3 Å². The fourth-order valence-corrected chi connectivity index (χ4v) is 1.80. The summed E-state index contributed by atoms with van der Waals surface area (Å²) in [5.74, 6) is 0. The molecule has 0 aliphatic heterocycles. The molecule has 1 aromatic carbocycles. The third kappa shape index (κ3) is 4.09. The molecule has 2 N–H and O–H groups in total. The van der Waals surface area contributed by atoms with Gasteiger partial charge in [-0.05, 0) is 39.3 Å². The number of hydrogen-bond acceptors (Lipinski definition) is 3. The summed E-state index contributed by atoms with van der Waals surface area (Å²) < 4.78 is 5.39. The first kappa shape index (κ1) is 15.2. The first-order valence-electron chi connectivity index (χ1n) is 6.40. The third-order valence-corrected chi connectivity index (χ3v) is 3.52. The highest BCUT2D eigenvalue weighted by molar-refractivity contribution is 5.23. The van der Waals surface area contributed by atoms with Crippen LogP contribution in [0.2, 0.25) is 0 Å². The largest absolute Gasteiger partial charge is 0.394 e. The molecule has 0 aromatic heterocycles. The van der Waals surface area contributed by atoms with E-state index in [0.29, 0.717) is 0 Å². The molecule has 0 fully saturated rings. The van der Waals surface area contributed by atoms with Crippen LogP contribution in [0.25, 0.3) is 0 Å². The van der Waals surface area contributed by atoms with Crippen LogP contribution in [0.1, 0.15) is 32.8 Å². The van der Waals surface area contributed by atoms with Crippen molar-refractivity contribution in [1.29, 1.82) is 0 Å². The molecule has 0 bridgehead atoms. The highest BCUT2D eigenvalue weighted by Crippen LogP contribution is 2.20. The molecule has 1 unspecified atom stereocenters. The average Bonchev–Trinajstić information content (AvgIpc) is 2.39. The van der Waals surface area contributed by atoms with Crippen molar-refractivity contribution in [3.63, 3.8) is 0 Å². The van der Waals surface area contributed by atoms with Gasteiger partial charge in [0, 0.05) is 7.11 Å². The van der Waals surface area contributed by atoms with E-state index in [9.17, 15) is 5.11 Å². The molecule has 0 saturated carbocycles. The molecular formula is C15H25NO2.